The van der Waals surface area contributed by atoms with Crippen molar-refractivity contribution in [3.63, 3.8) is 0 Å². The highest BCUT2D eigenvalue weighted by Gasteiger charge is 2.30. The summed E-state index contributed by atoms with van der Waals surface area (Å²) >= 11 is 0. The molecule has 7 nitrogen and oxygen atoms in total. The maximum Gasteiger partial charge on any atom is 0.243 e. The van der Waals surface area contributed by atoms with Gasteiger partial charge in [0.25, 0.3) is 0 Å². The molecule has 8 heteroatoms. The molecule has 1 atom stereocenters. The van der Waals surface area contributed by atoms with Crippen LogP contribution in [0.4, 0.5) is 0 Å². The topological polar surface area (TPSA) is 78.0 Å². The van der Waals surface area contributed by atoms with Crippen molar-refractivity contribution in [2.45, 2.75) is 36.8 Å². The van der Waals surface area contributed by atoms with Crippen LogP contribution in [0.2, 0.25) is 0 Å². The molecule has 0 aliphatic carbocycles. The van der Waals surface area contributed by atoms with Crippen LogP contribution in [0.3, 0.4) is 0 Å². The van der Waals surface area contributed by atoms with Crippen LogP contribution in [0, 0.1) is 0 Å². The van der Waals surface area contributed by atoms with Crippen molar-refractivity contribution >= 4 is 10.0 Å². The third-order valence-corrected chi connectivity index (χ3v) is 6.66. The van der Waals surface area contributed by atoms with Gasteiger partial charge < -0.3 is 14.2 Å². The van der Waals surface area contributed by atoms with Gasteiger partial charge in [-0.05, 0) is 37.1 Å². The number of fused-ring (bicyclic) bond motifs is 1. The average molecular weight is 404 g/mol. The second-order valence-corrected chi connectivity index (χ2v) is 8.85. The summed E-state index contributed by atoms with van der Waals surface area (Å²) in [6, 6.07) is 10.3. The van der Waals surface area contributed by atoms with Crippen LogP contribution in [0.1, 0.15) is 25.0 Å². The third kappa shape index (κ3) is 4.29. The molecule has 1 unspecified atom stereocenters. The largest absolute Gasteiger partial charge is 0.490 e. The Bertz CT molecular complexity index is 898. The zero-order chi connectivity index (χ0) is 19.4. The number of rotatable bonds is 6. The summed E-state index contributed by atoms with van der Waals surface area (Å²) in [6.45, 7) is 2.23. The van der Waals surface area contributed by atoms with Crippen molar-refractivity contribution in [2.75, 3.05) is 26.4 Å². The van der Waals surface area contributed by atoms with E-state index in [1.807, 2.05) is 18.2 Å². The maximum atomic E-state index is 13.4. The molecule has 1 aromatic heterocycles. The van der Waals surface area contributed by atoms with E-state index in [1.54, 1.807) is 24.4 Å². The standard InChI is InChI=1S/C20H24N2O5S/c23-28(24,18-7-8-19-20(13-18)27-12-4-11-26-19)22(15-17-6-3-10-25-17)14-16-5-1-2-9-21-16/h1-2,5,7-9,13,17H,3-4,6,10-12,14-15H2. The van der Waals surface area contributed by atoms with Gasteiger partial charge in [-0.1, -0.05) is 6.07 Å². The monoisotopic (exact) mass is 404 g/mol. The predicted octanol–water partition coefficient (Wildman–Crippen LogP) is 2.61. The van der Waals surface area contributed by atoms with Crippen molar-refractivity contribution in [2.24, 2.45) is 0 Å². The minimum atomic E-state index is -3.75. The van der Waals surface area contributed by atoms with E-state index >= 15 is 0 Å². The summed E-state index contributed by atoms with van der Waals surface area (Å²) in [5.74, 6) is 1.04. The SMILES string of the molecule is O=S(=O)(c1ccc2c(c1)OCCCO2)N(Cc1ccccn1)CC1CCCO1. The van der Waals surface area contributed by atoms with Crippen LogP contribution in [-0.4, -0.2) is 50.2 Å². The quantitative estimate of drug-likeness (QED) is 0.737. The van der Waals surface area contributed by atoms with Crippen molar-refractivity contribution in [3.8, 4) is 11.5 Å². The minimum absolute atomic E-state index is 0.0982. The first-order valence-corrected chi connectivity index (χ1v) is 11.0. The third-order valence-electron chi connectivity index (χ3n) is 4.85. The molecule has 1 saturated heterocycles. The van der Waals surface area contributed by atoms with Crippen LogP contribution in [-0.2, 0) is 21.3 Å². The molecule has 0 radical (unpaired) electrons. The lowest BCUT2D eigenvalue weighted by molar-refractivity contribution is 0.0924. The van der Waals surface area contributed by atoms with E-state index in [1.165, 1.54) is 4.31 Å². The van der Waals surface area contributed by atoms with E-state index in [2.05, 4.69) is 4.98 Å². The van der Waals surface area contributed by atoms with E-state index < -0.39 is 10.0 Å². The smallest absolute Gasteiger partial charge is 0.243 e. The average Bonchev–Trinajstić information content (AvgIpc) is 3.10. The Hall–Kier alpha value is -2.16. The Balaban J connectivity index is 1.64. The zero-order valence-corrected chi connectivity index (χ0v) is 16.4. The summed E-state index contributed by atoms with van der Waals surface area (Å²) in [7, 11) is -3.75. The molecule has 2 aliphatic heterocycles. The molecule has 3 heterocycles. The van der Waals surface area contributed by atoms with Crippen LogP contribution in [0.25, 0.3) is 0 Å². The van der Waals surface area contributed by atoms with Gasteiger partial charge in [-0.25, -0.2) is 8.42 Å². The van der Waals surface area contributed by atoms with E-state index in [4.69, 9.17) is 14.2 Å². The Morgan fingerprint density at radius 2 is 1.89 bits per heavy atom. The number of aromatic nitrogens is 1. The van der Waals surface area contributed by atoms with Crippen molar-refractivity contribution in [3.05, 3.63) is 48.3 Å². The van der Waals surface area contributed by atoms with Crippen LogP contribution in [0.5, 0.6) is 11.5 Å². The van der Waals surface area contributed by atoms with Gasteiger partial charge in [0.15, 0.2) is 11.5 Å². The number of ether oxygens (including phenoxy) is 3. The summed E-state index contributed by atoms with van der Waals surface area (Å²) in [4.78, 5) is 4.48. The second-order valence-electron chi connectivity index (χ2n) is 6.91. The molecule has 150 valence electrons. The van der Waals surface area contributed by atoms with Gasteiger partial charge in [-0.2, -0.15) is 4.31 Å². The number of pyridine rings is 1. The van der Waals surface area contributed by atoms with Crippen molar-refractivity contribution in [1.29, 1.82) is 0 Å². The summed E-state index contributed by atoms with van der Waals surface area (Å²) in [5, 5.41) is 0. The van der Waals surface area contributed by atoms with Gasteiger partial charge >= 0.3 is 0 Å². The van der Waals surface area contributed by atoms with Gasteiger partial charge in [0, 0.05) is 31.8 Å². The molecule has 28 heavy (non-hydrogen) atoms. The molecule has 1 fully saturated rings. The first-order chi connectivity index (χ1) is 13.6. The molecular formula is C20H24N2O5S. The normalized spacial score (nSPS) is 19.5. The molecule has 0 bridgehead atoms. The number of sulfonamides is 1. The summed E-state index contributed by atoms with van der Waals surface area (Å²) in [6.07, 6.45) is 4.14. The fraction of sp³-hybridized carbons (Fsp3) is 0.450. The molecule has 4 rings (SSSR count). The molecule has 2 aromatic rings. The summed E-state index contributed by atoms with van der Waals surface area (Å²) in [5.41, 5.74) is 0.693. The van der Waals surface area contributed by atoms with Gasteiger partial charge in [0.2, 0.25) is 10.0 Å². The van der Waals surface area contributed by atoms with Gasteiger partial charge in [-0.3, -0.25) is 4.98 Å². The Labute approximate surface area is 165 Å². The number of hydrogen-bond donors (Lipinski definition) is 0. The Morgan fingerprint density at radius 3 is 2.64 bits per heavy atom. The van der Waals surface area contributed by atoms with Crippen LogP contribution in [0.15, 0.2) is 47.5 Å². The highest BCUT2D eigenvalue weighted by atomic mass is 32.2. The van der Waals surface area contributed by atoms with Crippen molar-refractivity contribution in [1.82, 2.24) is 9.29 Å². The molecule has 0 saturated carbocycles. The lowest BCUT2D eigenvalue weighted by Gasteiger charge is -2.25. The maximum absolute atomic E-state index is 13.4. The molecule has 0 N–H and O–H groups in total. The van der Waals surface area contributed by atoms with E-state index in [9.17, 15) is 8.42 Å². The van der Waals surface area contributed by atoms with E-state index in [0.29, 0.717) is 43.6 Å². The Kier molecular flexibility index (Phi) is 5.79. The molecular weight excluding hydrogens is 380 g/mol. The number of benzene rings is 1. The summed E-state index contributed by atoms with van der Waals surface area (Å²) < 4.78 is 45.3. The minimum Gasteiger partial charge on any atom is -0.490 e. The first kappa shape index (κ1) is 19.2. The molecule has 0 spiro atoms. The number of nitrogens with zero attached hydrogens (tertiary/aromatic N) is 2. The van der Waals surface area contributed by atoms with E-state index in [-0.39, 0.29) is 17.5 Å². The van der Waals surface area contributed by atoms with Gasteiger partial charge in [0.1, 0.15) is 0 Å². The highest BCUT2D eigenvalue weighted by Crippen LogP contribution is 2.33. The Morgan fingerprint density at radius 1 is 1.04 bits per heavy atom. The predicted molar refractivity (Wildman–Crippen MR) is 103 cm³/mol. The number of hydrogen-bond acceptors (Lipinski definition) is 6. The fourth-order valence-corrected chi connectivity index (χ4v) is 4.85. The van der Waals surface area contributed by atoms with Crippen LogP contribution < -0.4 is 9.47 Å². The molecule has 1 aromatic carbocycles. The van der Waals surface area contributed by atoms with E-state index in [0.717, 1.165) is 19.3 Å². The second kappa shape index (κ2) is 8.46. The molecule has 0 amide bonds. The van der Waals surface area contributed by atoms with Gasteiger partial charge in [-0.15, -0.1) is 0 Å². The van der Waals surface area contributed by atoms with Crippen molar-refractivity contribution < 1.29 is 22.6 Å². The lowest BCUT2D eigenvalue weighted by atomic mass is 10.2. The highest BCUT2D eigenvalue weighted by molar-refractivity contribution is 7.89. The molecule has 2 aliphatic rings. The zero-order valence-electron chi connectivity index (χ0n) is 15.6. The van der Waals surface area contributed by atoms with Crippen LogP contribution >= 0.6 is 0 Å². The van der Waals surface area contributed by atoms with Gasteiger partial charge in [0.05, 0.1) is 36.5 Å². The first-order valence-electron chi connectivity index (χ1n) is 9.54. The fourth-order valence-electron chi connectivity index (χ4n) is 3.39. The lowest BCUT2D eigenvalue weighted by Crippen LogP contribution is -2.37.